The molecular weight excluding hydrogens is 358 g/mol. The lowest BCUT2D eigenvalue weighted by molar-refractivity contribution is 0.850. The van der Waals surface area contributed by atoms with Crippen molar-refractivity contribution < 1.29 is 0 Å². The third-order valence-electron chi connectivity index (χ3n) is 3.02. The minimum Gasteiger partial charge on any atom is -0.354 e. The number of guanidine groups is 1. The first-order valence-electron chi connectivity index (χ1n) is 6.04. The molecule has 0 amide bonds. The highest BCUT2D eigenvalue weighted by Gasteiger charge is 2.17. The zero-order valence-corrected chi connectivity index (χ0v) is 13.9. The Morgan fingerprint density at radius 1 is 1.33 bits per heavy atom. The largest absolute Gasteiger partial charge is 0.354 e. The molecule has 0 aromatic heterocycles. The van der Waals surface area contributed by atoms with Crippen molar-refractivity contribution in [3.63, 3.8) is 0 Å². The van der Waals surface area contributed by atoms with E-state index in [1.807, 2.05) is 0 Å². The molecule has 0 saturated carbocycles. The van der Waals surface area contributed by atoms with E-state index in [-0.39, 0.29) is 0 Å². The van der Waals surface area contributed by atoms with E-state index in [1.165, 1.54) is 11.1 Å². The van der Waals surface area contributed by atoms with Gasteiger partial charge >= 0.3 is 0 Å². The average molecular weight is 375 g/mol. The zero-order chi connectivity index (χ0) is 13.3. The second kappa shape index (κ2) is 5.61. The minimum atomic E-state index is 0.478. The van der Waals surface area contributed by atoms with E-state index in [0.717, 1.165) is 33.7 Å². The second-order valence-corrected chi connectivity index (χ2v) is 6.40. The van der Waals surface area contributed by atoms with Crippen LogP contribution in [0.15, 0.2) is 20.0 Å². The van der Waals surface area contributed by atoms with Gasteiger partial charge in [0.2, 0.25) is 0 Å². The Kier molecular flexibility index (Phi) is 4.33. The van der Waals surface area contributed by atoms with Crippen molar-refractivity contribution in [2.75, 3.05) is 18.4 Å². The van der Waals surface area contributed by atoms with Crippen molar-refractivity contribution >= 4 is 43.5 Å². The number of rotatable bonds is 2. The molecule has 0 atom stereocenters. The fraction of sp³-hybridized carbons (Fsp3) is 0.462. The van der Waals surface area contributed by atoms with Gasteiger partial charge in [0.1, 0.15) is 0 Å². The van der Waals surface area contributed by atoms with E-state index < -0.39 is 0 Å². The summed E-state index contributed by atoms with van der Waals surface area (Å²) in [5.74, 6) is 1.34. The normalized spacial score (nSPS) is 14.7. The first kappa shape index (κ1) is 13.9. The summed E-state index contributed by atoms with van der Waals surface area (Å²) in [5, 5.41) is 6.60. The van der Waals surface area contributed by atoms with Gasteiger partial charge in [0, 0.05) is 15.5 Å². The van der Waals surface area contributed by atoms with Crippen molar-refractivity contribution in [2.24, 2.45) is 4.99 Å². The SMILES string of the molecule is Cc1c(NC2=NCCN2)c(Br)cc(Br)c1C(C)C. The summed E-state index contributed by atoms with van der Waals surface area (Å²) in [6, 6.07) is 2.10. The Labute approximate surface area is 125 Å². The Balaban J connectivity index is 2.42. The molecule has 3 nitrogen and oxygen atoms in total. The molecule has 2 rings (SSSR count). The van der Waals surface area contributed by atoms with Gasteiger partial charge < -0.3 is 10.6 Å². The summed E-state index contributed by atoms with van der Waals surface area (Å²) >= 11 is 7.25. The summed E-state index contributed by atoms with van der Waals surface area (Å²) in [4.78, 5) is 4.37. The van der Waals surface area contributed by atoms with Crippen LogP contribution in [0.25, 0.3) is 0 Å². The van der Waals surface area contributed by atoms with Crippen molar-refractivity contribution in [3.8, 4) is 0 Å². The Bertz CT molecular complexity index is 495. The van der Waals surface area contributed by atoms with Crippen molar-refractivity contribution in [1.82, 2.24) is 5.32 Å². The third kappa shape index (κ3) is 2.72. The van der Waals surface area contributed by atoms with Crippen LogP contribution in [-0.4, -0.2) is 19.0 Å². The number of nitrogens with zero attached hydrogens (tertiary/aromatic N) is 1. The van der Waals surface area contributed by atoms with Gasteiger partial charge in [-0.15, -0.1) is 0 Å². The molecule has 0 bridgehead atoms. The van der Waals surface area contributed by atoms with Crippen molar-refractivity contribution in [2.45, 2.75) is 26.7 Å². The molecular formula is C13H17Br2N3. The molecule has 2 N–H and O–H groups in total. The fourth-order valence-electron chi connectivity index (χ4n) is 2.22. The van der Waals surface area contributed by atoms with E-state index >= 15 is 0 Å². The number of benzene rings is 1. The summed E-state index contributed by atoms with van der Waals surface area (Å²) in [6.45, 7) is 8.30. The second-order valence-electron chi connectivity index (χ2n) is 4.69. The van der Waals surface area contributed by atoms with Crippen LogP contribution in [0.3, 0.4) is 0 Å². The summed E-state index contributed by atoms with van der Waals surface area (Å²) in [5.41, 5.74) is 3.68. The summed E-state index contributed by atoms with van der Waals surface area (Å²) in [6.07, 6.45) is 0. The Morgan fingerprint density at radius 2 is 2.06 bits per heavy atom. The van der Waals surface area contributed by atoms with Gasteiger partial charge in [-0.1, -0.05) is 29.8 Å². The number of anilines is 1. The van der Waals surface area contributed by atoms with Gasteiger partial charge in [0.05, 0.1) is 12.2 Å². The third-order valence-corrected chi connectivity index (χ3v) is 4.31. The zero-order valence-electron chi connectivity index (χ0n) is 10.8. The number of hydrogen-bond acceptors (Lipinski definition) is 3. The van der Waals surface area contributed by atoms with Crippen LogP contribution in [0.4, 0.5) is 5.69 Å². The molecule has 1 aliphatic heterocycles. The van der Waals surface area contributed by atoms with Crippen LogP contribution < -0.4 is 10.6 Å². The molecule has 0 saturated heterocycles. The number of nitrogens with one attached hydrogen (secondary N) is 2. The lowest BCUT2D eigenvalue weighted by Gasteiger charge is -2.19. The van der Waals surface area contributed by atoms with Crippen LogP contribution in [0.1, 0.15) is 30.9 Å². The first-order chi connectivity index (χ1) is 8.50. The van der Waals surface area contributed by atoms with Gasteiger partial charge in [-0.25, -0.2) is 0 Å². The molecule has 0 aliphatic carbocycles. The highest BCUT2D eigenvalue weighted by molar-refractivity contribution is 9.11. The predicted molar refractivity (Wildman–Crippen MR) is 84.6 cm³/mol. The van der Waals surface area contributed by atoms with Crippen LogP contribution in [0.2, 0.25) is 0 Å². The maximum Gasteiger partial charge on any atom is 0.195 e. The van der Waals surface area contributed by atoms with Crippen LogP contribution in [0, 0.1) is 6.92 Å². The van der Waals surface area contributed by atoms with Gasteiger partial charge in [0.25, 0.3) is 0 Å². The molecule has 1 aromatic carbocycles. The van der Waals surface area contributed by atoms with Crippen molar-refractivity contribution in [1.29, 1.82) is 0 Å². The standard InChI is InChI=1S/C13H17Br2N3/c1-7(2)11-8(3)12(10(15)6-9(11)14)18-13-16-4-5-17-13/h6-7H,4-5H2,1-3H3,(H2,16,17,18). The molecule has 98 valence electrons. The van der Waals surface area contributed by atoms with Gasteiger partial charge in [0.15, 0.2) is 5.96 Å². The number of aliphatic imine (C=N–C) groups is 1. The highest BCUT2D eigenvalue weighted by atomic mass is 79.9. The lowest BCUT2D eigenvalue weighted by Crippen LogP contribution is -2.27. The van der Waals surface area contributed by atoms with Gasteiger partial charge in [-0.2, -0.15) is 0 Å². The van der Waals surface area contributed by atoms with Crippen LogP contribution >= 0.6 is 31.9 Å². The Morgan fingerprint density at radius 3 is 2.61 bits per heavy atom. The van der Waals surface area contributed by atoms with E-state index in [4.69, 9.17) is 0 Å². The van der Waals surface area contributed by atoms with E-state index in [1.54, 1.807) is 0 Å². The molecule has 0 fully saturated rings. The number of hydrogen-bond donors (Lipinski definition) is 2. The average Bonchev–Trinajstić information content (AvgIpc) is 2.75. The number of halogens is 2. The molecule has 1 aliphatic rings. The maximum absolute atomic E-state index is 4.37. The minimum absolute atomic E-state index is 0.478. The molecule has 0 spiro atoms. The molecule has 5 heteroatoms. The molecule has 18 heavy (non-hydrogen) atoms. The van der Waals surface area contributed by atoms with E-state index in [2.05, 4.69) is 74.3 Å². The highest BCUT2D eigenvalue weighted by Crippen LogP contribution is 2.37. The smallest absolute Gasteiger partial charge is 0.195 e. The Hall–Kier alpha value is -0.550. The lowest BCUT2D eigenvalue weighted by atomic mass is 9.97. The fourth-order valence-corrected chi connectivity index (χ4v) is 4.13. The summed E-state index contributed by atoms with van der Waals surface area (Å²) in [7, 11) is 0. The molecule has 1 aromatic rings. The maximum atomic E-state index is 4.37. The quantitative estimate of drug-likeness (QED) is 0.820. The van der Waals surface area contributed by atoms with Gasteiger partial charge in [-0.05, 0) is 46.0 Å². The van der Waals surface area contributed by atoms with Crippen LogP contribution in [-0.2, 0) is 0 Å². The van der Waals surface area contributed by atoms with Crippen LogP contribution in [0.5, 0.6) is 0 Å². The van der Waals surface area contributed by atoms with E-state index in [0.29, 0.717) is 5.92 Å². The van der Waals surface area contributed by atoms with E-state index in [9.17, 15) is 0 Å². The monoisotopic (exact) mass is 373 g/mol. The predicted octanol–water partition coefficient (Wildman–Crippen LogP) is 4.01. The first-order valence-corrected chi connectivity index (χ1v) is 7.63. The van der Waals surface area contributed by atoms with Crippen molar-refractivity contribution in [3.05, 3.63) is 26.1 Å². The molecule has 0 radical (unpaired) electrons. The van der Waals surface area contributed by atoms with Gasteiger partial charge in [-0.3, -0.25) is 4.99 Å². The topological polar surface area (TPSA) is 36.4 Å². The molecule has 0 unspecified atom stereocenters. The summed E-state index contributed by atoms with van der Waals surface area (Å²) < 4.78 is 2.20. The molecule has 1 heterocycles.